The second-order valence-corrected chi connectivity index (χ2v) is 9.64. The van der Waals surface area contributed by atoms with E-state index in [4.69, 9.17) is 0 Å². The third-order valence-corrected chi connectivity index (χ3v) is 8.51. The van der Waals surface area contributed by atoms with Gasteiger partial charge in [0, 0.05) is 0 Å². The first-order valence-corrected chi connectivity index (χ1v) is 10.0. The summed E-state index contributed by atoms with van der Waals surface area (Å²) in [4.78, 5) is 0. The zero-order valence-electron chi connectivity index (χ0n) is 13.3. The van der Waals surface area contributed by atoms with E-state index in [1.54, 1.807) is 0 Å². The molecule has 0 aliphatic rings. The maximum absolute atomic E-state index is 4.04. The summed E-state index contributed by atoms with van der Waals surface area (Å²) >= 11 is 0. The molecule has 0 radical (unpaired) electrons. The quantitative estimate of drug-likeness (QED) is 0.401. The van der Waals surface area contributed by atoms with Gasteiger partial charge < -0.3 is 0 Å². The lowest BCUT2D eigenvalue weighted by atomic mass is 10.3. The molecule has 0 amide bonds. The minimum absolute atomic E-state index is 1.02. The van der Waals surface area contributed by atoms with E-state index in [0.717, 1.165) is 18.0 Å². The smallest absolute Gasteiger partial charge is 0.103 e. The van der Waals surface area contributed by atoms with E-state index in [1.807, 2.05) is 6.08 Å². The first kappa shape index (κ1) is 16.3. The molecule has 0 spiro atoms. The Hall–Kier alpha value is -2.12. The second-order valence-electron chi connectivity index (χ2n) is 5.71. The molecule has 0 unspecified atom stereocenters. The predicted octanol–water partition coefficient (Wildman–Crippen LogP) is 4.50. The first-order chi connectivity index (χ1) is 10.7. The van der Waals surface area contributed by atoms with Gasteiger partial charge in [0.15, 0.2) is 0 Å². The average molecular weight is 305 g/mol. The molecule has 0 aromatic heterocycles. The highest BCUT2D eigenvalue weighted by Crippen LogP contribution is 2.17. The Labute approximate surface area is 135 Å². The minimum atomic E-state index is -1.94. The summed E-state index contributed by atoms with van der Waals surface area (Å²) < 4.78 is 0. The van der Waals surface area contributed by atoms with Crippen LogP contribution in [0.2, 0.25) is 6.04 Å². The van der Waals surface area contributed by atoms with E-state index < -0.39 is 8.07 Å². The minimum Gasteiger partial charge on any atom is -0.103 e. The summed E-state index contributed by atoms with van der Waals surface area (Å²) in [6.45, 7) is 10.0. The van der Waals surface area contributed by atoms with Crippen molar-refractivity contribution in [3.63, 3.8) is 0 Å². The van der Waals surface area contributed by atoms with Crippen molar-refractivity contribution in [3.8, 4) is 0 Å². The number of rotatable bonds is 7. The van der Waals surface area contributed by atoms with Gasteiger partial charge in [-0.05, 0) is 29.8 Å². The number of hydrogen-bond acceptors (Lipinski definition) is 0. The summed E-state index contributed by atoms with van der Waals surface area (Å²) in [5, 5.41) is 2.89. The van der Waals surface area contributed by atoms with E-state index in [2.05, 4.69) is 92.5 Å². The van der Waals surface area contributed by atoms with Crippen LogP contribution in [0.15, 0.2) is 97.2 Å². The topological polar surface area (TPSA) is 0 Å². The Morgan fingerprint density at radius 3 is 1.86 bits per heavy atom. The van der Waals surface area contributed by atoms with Crippen LogP contribution < -0.4 is 10.4 Å². The zero-order valence-corrected chi connectivity index (χ0v) is 14.3. The van der Waals surface area contributed by atoms with Crippen molar-refractivity contribution >= 4 is 18.4 Å². The molecule has 2 aromatic rings. The summed E-state index contributed by atoms with van der Waals surface area (Å²) in [6.07, 6.45) is 5.24. The Balaban J connectivity index is 2.62. The molecule has 0 N–H and O–H groups in total. The van der Waals surface area contributed by atoms with E-state index in [9.17, 15) is 0 Å². The van der Waals surface area contributed by atoms with Crippen molar-refractivity contribution in [2.45, 2.75) is 19.4 Å². The molecule has 2 rings (SSSR count). The fraction of sp³-hybridized carbons (Fsp3) is 0.143. The fourth-order valence-electron chi connectivity index (χ4n) is 2.82. The lowest BCUT2D eigenvalue weighted by Crippen LogP contribution is -2.56. The molecular weight excluding hydrogens is 280 g/mol. The molecule has 0 aliphatic carbocycles. The van der Waals surface area contributed by atoms with Gasteiger partial charge in [0.1, 0.15) is 8.07 Å². The van der Waals surface area contributed by atoms with Crippen molar-refractivity contribution in [1.29, 1.82) is 0 Å². The van der Waals surface area contributed by atoms with Crippen LogP contribution in [0, 0.1) is 0 Å². The van der Waals surface area contributed by atoms with Crippen molar-refractivity contribution in [2.75, 3.05) is 0 Å². The molecule has 0 saturated carbocycles. The monoisotopic (exact) mass is 304 g/mol. The highest BCUT2D eigenvalue weighted by atomic mass is 28.3. The van der Waals surface area contributed by atoms with Crippen molar-refractivity contribution in [1.82, 2.24) is 0 Å². The summed E-state index contributed by atoms with van der Waals surface area (Å²) in [6, 6.07) is 22.9. The molecule has 0 nitrogen and oxygen atoms in total. The molecule has 0 heterocycles. The fourth-order valence-corrected chi connectivity index (χ4v) is 7.08. The van der Waals surface area contributed by atoms with Crippen LogP contribution >= 0.6 is 0 Å². The lowest BCUT2D eigenvalue weighted by Gasteiger charge is -2.30. The highest BCUT2D eigenvalue weighted by Gasteiger charge is 2.33. The van der Waals surface area contributed by atoms with Crippen LogP contribution in [0.4, 0.5) is 0 Å². The Kier molecular flexibility index (Phi) is 5.73. The normalized spacial score (nSPS) is 11.5. The summed E-state index contributed by atoms with van der Waals surface area (Å²) in [5.74, 6) is 0. The molecule has 0 bridgehead atoms. The van der Waals surface area contributed by atoms with E-state index >= 15 is 0 Å². The van der Waals surface area contributed by atoms with E-state index in [1.165, 1.54) is 10.4 Å². The van der Waals surface area contributed by atoms with Crippen LogP contribution in [0.1, 0.15) is 13.3 Å². The number of allylic oxidation sites excluding steroid dienone is 3. The van der Waals surface area contributed by atoms with Gasteiger partial charge in [0.2, 0.25) is 0 Å². The van der Waals surface area contributed by atoms with Crippen LogP contribution in [0.3, 0.4) is 0 Å². The molecule has 1 heteroatoms. The van der Waals surface area contributed by atoms with Crippen LogP contribution in [0.5, 0.6) is 0 Å². The third-order valence-electron chi connectivity index (χ3n) is 3.97. The van der Waals surface area contributed by atoms with Crippen LogP contribution in [-0.2, 0) is 0 Å². The van der Waals surface area contributed by atoms with Crippen LogP contribution in [0.25, 0.3) is 0 Å². The number of benzene rings is 2. The average Bonchev–Trinajstić information content (AvgIpc) is 2.57. The summed E-state index contributed by atoms with van der Waals surface area (Å²) in [7, 11) is -1.94. The molecule has 0 aliphatic heterocycles. The molecular formula is C21H24Si. The van der Waals surface area contributed by atoms with Crippen LogP contribution in [-0.4, -0.2) is 8.07 Å². The van der Waals surface area contributed by atoms with E-state index in [0.29, 0.717) is 0 Å². The maximum atomic E-state index is 4.04. The van der Waals surface area contributed by atoms with Gasteiger partial charge in [-0.2, -0.15) is 0 Å². The van der Waals surface area contributed by atoms with Gasteiger partial charge in [-0.3, -0.25) is 0 Å². The Morgan fingerprint density at radius 2 is 1.45 bits per heavy atom. The van der Waals surface area contributed by atoms with Crippen molar-refractivity contribution < 1.29 is 0 Å². The summed E-state index contributed by atoms with van der Waals surface area (Å²) in [5.41, 5.74) is 3.53. The Bertz CT molecular complexity index is 599. The standard InChI is InChI=1S/C21H24Si/c1-4-5-17-22(18-16-19(2)3,20-12-8-6-9-13-20)21-14-10-7-11-15-21/h4,6-16,18H,1-2,5,17H2,3H3/b18-16+. The molecule has 0 saturated heterocycles. The van der Waals surface area contributed by atoms with Crippen molar-refractivity contribution in [3.05, 3.63) is 97.2 Å². The second kappa shape index (κ2) is 7.76. The molecule has 2 aromatic carbocycles. The van der Waals surface area contributed by atoms with Gasteiger partial charge in [-0.1, -0.05) is 90.7 Å². The van der Waals surface area contributed by atoms with Gasteiger partial charge in [-0.15, -0.1) is 6.58 Å². The largest absolute Gasteiger partial charge is 0.141 e. The molecule has 0 fully saturated rings. The zero-order chi connectivity index (χ0) is 15.8. The lowest BCUT2D eigenvalue weighted by molar-refractivity contribution is 1.19. The third kappa shape index (κ3) is 3.74. The van der Waals surface area contributed by atoms with Gasteiger partial charge in [-0.25, -0.2) is 0 Å². The molecule has 0 atom stereocenters. The maximum Gasteiger partial charge on any atom is 0.141 e. The first-order valence-electron chi connectivity index (χ1n) is 7.76. The molecule has 112 valence electrons. The van der Waals surface area contributed by atoms with Crippen molar-refractivity contribution in [2.24, 2.45) is 0 Å². The Morgan fingerprint density at radius 1 is 0.955 bits per heavy atom. The highest BCUT2D eigenvalue weighted by molar-refractivity contribution is 7.06. The van der Waals surface area contributed by atoms with Gasteiger partial charge in [0.25, 0.3) is 0 Å². The predicted molar refractivity (Wildman–Crippen MR) is 101 cm³/mol. The van der Waals surface area contributed by atoms with Gasteiger partial charge >= 0.3 is 0 Å². The van der Waals surface area contributed by atoms with Gasteiger partial charge in [0.05, 0.1) is 0 Å². The number of hydrogen-bond donors (Lipinski definition) is 0. The molecule has 22 heavy (non-hydrogen) atoms. The SMILES string of the molecule is C=CCC[Si](/C=C/C(=C)C)(c1ccccc1)c1ccccc1. The van der Waals surface area contributed by atoms with E-state index in [-0.39, 0.29) is 0 Å².